The molecule has 0 aromatic heterocycles. The Kier molecular flexibility index (Phi) is 7.42. The Labute approximate surface area is 142 Å². The first kappa shape index (κ1) is 19.7. The van der Waals surface area contributed by atoms with Gasteiger partial charge in [-0.1, -0.05) is 32.9 Å². The lowest BCUT2D eigenvalue weighted by atomic mass is 9.87. The van der Waals surface area contributed by atoms with E-state index >= 15 is 0 Å². The van der Waals surface area contributed by atoms with Crippen molar-refractivity contribution in [3.05, 3.63) is 35.4 Å². The number of hydrogen-bond donors (Lipinski definition) is 3. The van der Waals surface area contributed by atoms with Crippen LogP contribution in [0.2, 0.25) is 0 Å². The second kappa shape index (κ2) is 9.05. The van der Waals surface area contributed by atoms with Gasteiger partial charge < -0.3 is 15.7 Å². The van der Waals surface area contributed by atoms with E-state index < -0.39 is 5.97 Å². The van der Waals surface area contributed by atoms with Gasteiger partial charge in [0.05, 0.1) is 0 Å². The number of amides is 2. The predicted molar refractivity (Wildman–Crippen MR) is 92.0 cm³/mol. The van der Waals surface area contributed by atoms with Crippen molar-refractivity contribution >= 4 is 17.8 Å². The van der Waals surface area contributed by atoms with E-state index in [1.165, 1.54) is 0 Å². The van der Waals surface area contributed by atoms with Crippen LogP contribution in [0.3, 0.4) is 0 Å². The van der Waals surface area contributed by atoms with Gasteiger partial charge in [0.1, 0.15) is 0 Å². The average molecular weight is 334 g/mol. The predicted octanol–water partition coefficient (Wildman–Crippen LogP) is 2.08. The van der Waals surface area contributed by atoms with Crippen LogP contribution >= 0.6 is 0 Å². The summed E-state index contributed by atoms with van der Waals surface area (Å²) in [4.78, 5) is 33.9. The third-order valence-electron chi connectivity index (χ3n) is 3.54. The Balaban J connectivity index is 2.31. The molecule has 0 saturated carbocycles. The number of nitrogens with one attached hydrogen (secondary N) is 2. The molecule has 0 spiro atoms. The first-order valence-corrected chi connectivity index (χ1v) is 8.07. The molecule has 0 aliphatic carbocycles. The molecule has 3 N–H and O–H groups in total. The van der Waals surface area contributed by atoms with Crippen molar-refractivity contribution in [2.24, 2.45) is 0 Å². The molecular weight excluding hydrogens is 308 g/mol. The molecule has 0 aliphatic heterocycles. The van der Waals surface area contributed by atoms with E-state index in [4.69, 9.17) is 5.11 Å². The third-order valence-corrected chi connectivity index (χ3v) is 3.54. The van der Waals surface area contributed by atoms with E-state index in [1.807, 2.05) is 12.1 Å². The van der Waals surface area contributed by atoms with Crippen LogP contribution in [0.25, 0.3) is 0 Å². The van der Waals surface area contributed by atoms with Crippen LogP contribution in [-0.4, -0.2) is 36.0 Å². The largest absolute Gasteiger partial charge is 0.481 e. The molecule has 2 amide bonds. The molecule has 0 heterocycles. The highest BCUT2D eigenvalue weighted by Gasteiger charge is 2.14. The molecule has 1 rings (SSSR count). The van der Waals surface area contributed by atoms with Gasteiger partial charge in [-0.05, 0) is 29.5 Å². The lowest BCUT2D eigenvalue weighted by Crippen LogP contribution is -2.31. The van der Waals surface area contributed by atoms with Crippen molar-refractivity contribution in [3.8, 4) is 0 Å². The molecule has 0 saturated heterocycles. The highest BCUT2D eigenvalue weighted by atomic mass is 16.4. The minimum atomic E-state index is -0.881. The van der Waals surface area contributed by atoms with Gasteiger partial charge in [-0.15, -0.1) is 0 Å². The van der Waals surface area contributed by atoms with Gasteiger partial charge in [0.25, 0.3) is 5.91 Å². The quantitative estimate of drug-likeness (QED) is 0.634. The summed E-state index contributed by atoms with van der Waals surface area (Å²) >= 11 is 0. The van der Waals surface area contributed by atoms with Crippen molar-refractivity contribution in [2.45, 2.75) is 45.4 Å². The van der Waals surface area contributed by atoms with Gasteiger partial charge in [0.2, 0.25) is 5.91 Å². The monoisotopic (exact) mass is 334 g/mol. The Morgan fingerprint density at radius 2 is 1.58 bits per heavy atom. The fourth-order valence-electron chi connectivity index (χ4n) is 2.07. The summed E-state index contributed by atoms with van der Waals surface area (Å²) in [5.41, 5.74) is 1.75. The minimum absolute atomic E-state index is 0.0293. The number of carboxylic acids is 1. The number of rotatable bonds is 8. The van der Waals surface area contributed by atoms with E-state index in [2.05, 4.69) is 31.4 Å². The summed E-state index contributed by atoms with van der Waals surface area (Å²) in [5.74, 6) is -1.30. The second-order valence-electron chi connectivity index (χ2n) is 6.68. The van der Waals surface area contributed by atoms with Crippen molar-refractivity contribution in [3.63, 3.8) is 0 Å². The molecule has 6 heteroatoms. The average Bonchev–Trinajstić information content (AvgIpc) is 2.50. The van der Waals surface area contributed by atoms with Crippen molar-refractivity contribution in [2.75, 3.05) is 13.1 Å². The second-order valence-corrected chi connectivity index (χ2v) is 6.68. The minimum Gasteiger partial charge on any atom is -0.481 e. The first-order valence-electron chi connectivity index (χ1n) is 8.07. The zero-order valence-corrected chi connectivity index (χ0v) is 14.5. The van der Waals surface area contributed by atoms with E-state index in [9.17, 15) is 14.4 Å². The Morgan fingerprint density at radius 1 is 0.958 bits per heavy atom. The summed E-state index contributed by atoms with van der Waals surface area (Å²) in [5, 5.41) is 13.8. The van der Waals surface area contributed by atoms with E-state index in [0.29, 0.717) is 18.5 Å². The molecule has 0 aliphatic rings. The molecule has 132 valence electrons. The molecule has 0 radical (unpaired) electrons. The van der Waals surface area contributed by atoms with Crippen LogP contribution in [-0.2, 0) is 15.0 Å². The molecule has 1 aromatic carbocycles. The van der Waals surface area contributed by atoms with Gasteiger partial charge in [-0.2, -0.15) is 0 Å². The van der Waals surface area contributed by atoms with Crippen LogP contribution < -0.4 is 10.6 Å². The molecule has 0 atom stereocenters. The fourth-order valence-corrected chi connectivity index (χ4v) is 2.07. The Bertz CT molecular complexity index is 574. The highest BCUT2D eigenvalue weighted by molar-refractivity contribution is 5.94. The maximum absolute atomic E-state index is 12.0. The summed E-state index contributed by atoms with van der Waals surface area (Å²) in [6.07, 6.45) is 0.591. The smallest absolute Gasteiger partial charge is 0.303 e. The summed E-state index contributed by atoms with van der Waals surface area (Å²) < 4.78 is 0. The maximum atomic E-state index is 12.0. The lowest BCUT2D eigenvalue weighted by Gasteiger charge is -2.19. The normalized spacial score (nSPS) is 11.0. The van der Waals surface area contributed by atoms with Crippen LogP contribution in [0.1, 0.15) is 56.0 Å². The zero-order chi connectivity index (χ0) is 18.2. The number of carbonyl (C=O) groups is 3. The highest BCUT2D eigenvalue weighted by Crippen LogP contribution is 2.22. The summed E-state index contributed by atoms with van der Waals surface area (Å²) in [6.45, 7) is 6.89. The SMILES string of the molecule is CC(C)(C)c1ccc(C(=O)NCCC(=O)NCCCC(=O)O)cc1. The van der Waals surface area contributed by atoms with E-state index in [0.717, 1.165) is 5.56 Å². The van der Waals surface area contributed by atoms with Crippen molar-refractivity contribution in [1.82, 2.24) is 10.6 Å². The number of carboxylic acid groups (broad SMARTS) is 1. The van der Waals surface area contributed by atoms with Crippen molar-refractivity contribution < 1.29 is 19.5 Å². The molecule has 6 nitrogen and oxygen atoms in total. The standard InChI is InChI=1S/C18H26N2O4/c1-18(2,3)14-8-6-13(7-9-14)17(24)20-12-10-15(21)19-11-4-5-16(22)23/h6-9H,4-5,10-12H2,1-3H3,(H,19,21)(H,20,24)(H,22,23). The molecule has 0 fully saturated rings. The van der Waals surface area contributed by atoms with Crippen LogP contribution in [0.5, 0.6) is 0 Å². The van der Waals surface area contributed by atoms with Gasteiger partial charge in [-0.3, -0.25) is 14.4 Å². The number of aliphatic carboxylic acids is 1. The van der Waals surface area contributed by atoms with E-state index in [-0.39, 0.29) is 36.6 Å². The maximum Gasteiger partial charge on any atom is 0.303 e. The van der Waals surface area contributed by atoms with Gasteiger partial charge in [-0.25, -0.2) is 0 Å². The zero-order valence-electron chi connectivity index (χ0n) is 14.5. The summed E-state index contributed by atoms with van der Waals surface area (Å²) in [6, 6.07) is 7.43. The Morgan fingerprint density at radius 3 is 2.12 bits per heavy atom. The number of carbonyl (C=O) groups excluding carboxylic acids is 2. The Hall–Kier alpha value is -2.37. The summed E-state index contributed by atoms with van der Waals surface area (Å²) in [7, 11) is 0. The topological polar surface area (TPSA) is 95.5 Å². The molecule has 0 unspecified atom stereocenters. The van der Waals surface area contributed by atoms with E-state index in [1.54, 1.807) is 12.1 Å². The van der Waals surface area contributed by atoms with Gasteiger partial charge >= 0.3 is 5.97 Å². The van der Waals surface area contributed by atoms with Gasteiger partial charge in [0.15, 0.2) is 0 Å². The molecule has 1 aromatic rings. The van der Waals surface area contributed by atoms with Crippen molar-refractivity contribution in [1.29, 1.82) is 0 Å². The molecule has 24 heavy (non-hydrogen) atoms. The number of benzene rings is 1. The first-order chi connectivity index (χ1) is 11.2. The molecular formula is C18H26N2O4. The molecule has 0 bridgehead atoms. The fraction of sp³-hybridized carbons (Fsp3) is 0.500. The third kappa shape index (κ3) is 7.26. The lowest BCUT2D eigenvalue weighted by molar-refractivity contribution is -0.137. The van der Waals surface area contributed by atoms with Crippen LogP contribution in [0, 0.1) is 0 Å². The van der Waals surface area contributed by atoms with Crippen LogP contribution in [0.4, 0.5) is 0 Å². The number of hydrogen-bond acceptors (Lipinski definition) is 3. The van der Waals surface area contributed by atoms with Gasteiger partial charge in [0, 0.05) is 31.5 Å². The van der Waals surface area contributed by atoms with Crippen LogP contribution in [0.15, 0.2) is 24.3 Å².